The average Bonchev–Trinajstić information content (AvgIpc) is 2.79. The maximum absolute atomic E-state index is 12.9. The van der Waals surface area contributed by atoms with Gasteiger partial charge >= 0.3 is 0 Å². The molecular weight excluding hydrogens is 364 g/mol. The summed E-state index contributed by atoms with van der Waals surface area (Å²) in [4.78, 5) is 23.8. The molecule has 1 amide bonds. The Labute approximate surface area is 170 Å². The summed E-state index contributed by atoms with van der Waals surface area (Å²) in [5.41, 5.74) is 3.70. The first-order valence-corrected chi connectivity index (χ1v) is 9.77. The van der Waals surface area contributed by atoms with Gasteiger partial charge < -0.3 is 15.0 Å². The molecule has 6 nitrogen and oxygen atoms in total. The van der Waals surface area contributed by atoms with Gasteiger partial charge in [0.15, 0.2) is 0 Å². The van der Waals surface area contributed by atoms with Crippen LogP contribution in [0.1, 0.15) is 33.4 Å². The number of anilines is 1. The van der Waals surface area contributed by atoms with Gasteiger partial charge in [-0.1, -0.05) is 36.4 Å². The SMILES string of the molecule is CNc1cc(C(=O)N2CCO[C@H](c3cccc(Cc4ccccc4)n3)C2)ccn1. The Morgan fingerprint density at radius 3 is 2.86 bits per heavy atom. The minimum absolute atomic E-state index is 0.0161. The minimum atomic E-state index is -0.228. The van der Waals surface area contributed by atoms with E-state index < -0.39 is 0 Å². The molecule has 29 heavy (non-hydrogen) atoms. The molecule has 148 valence electrons. The lowest BCUT2D eigenvalue weighted by atomic mass is 10.1. The molecule has 0 saturated carbocycles. The first kappa shape index (κ1) is 19.1. The van der Waals surface area contributed by atoms with Gasteiger partial charge in [0, 0.05) is 37.5 Å². The monoisotopic (exact) mass is 388 g/mol. The van der Waals surface area contributed by atoms with Gasteiger partial charge in [0.25, 0.3) is 5.91 Å². The van der Waals surface area contributed by atoms with Crippen molar-refractivity contribution in [2.45, 2.75) is 12.5 Å². The van der Waals surface area contributed by atoms with E-state index >= 15 is 0 Å². The van der Waals surface area contributed by atoms with Gasteiger partial charge in [0.05, 0.1) is 18.8 Å². The number of carbonyl (C=O) groups excluding carboxylic acids is 1. The van der Waals surface area contributed by atoms with Crippen molar-refractivity contribution < 1.29 is 9.53 Å². The first-order chi connectivity index (χ1) is 14.2. The Morgan fingerprint density at radius 2 is 2.03 bits per heavy atom. The fraction of sp³-hybridized carbons (Fsp3) is 0.261. The topological polar surface area (TPSA) is 67.4 Å². The van der Waals surface area contributed by atoms with Crippen molar-refractivity contribution in [1.29, 1.82) is 0 Å². The van der Waals surface area contributed by atoms with Crippen LogP contribution >= 0.6 is 0 Å². The van der Waals surface area contributed by atoms with Gasteiger partial charge in [-0.25, -0.2) is 4.98 Å². The van der Waals surface area contributed by atoms with Crippen LogP contribution in [0.25, 0.3) is 0 Å². The first-order valence-electron chi connectivity index (χ1n) is 9.77. The highest BCUT2D eigenvalue weighted by Gasteiger charge is 2.27. The van der Waals surface area contributed by atoms with Crippen LogP contribution in [-0.2, 0) is 11.2 Å². The van der Waals surface area contributed by atoms with Crippen molar-refractivity contribution in [3.8, 4) is 0 Å². The predicted octanol–water partition coefficient (Wildman–Crippen LogP) is 3.32. The molecular formula is C23H24N4O2. The summed E-state index contributed by atoms with van der Waals surface area (Å²) in [5, 5.41) is 2.97. The second-order valence-electron chi connectivity index (χ2n) is 7.01. The maximum atomic E-state index is 12.9. The molecule has 1 atom stereocenters. The fourth-order valence-electron chi connectivity index (χ4n) is 3.48. The van der Waals surface area contributed by atoms with Crippen LogP contribution in [0.2, 0.25) is 0 Å². The lowest BCUT2D eigenvalue weighted by Crippen LogP contribution is -2.42. The number of aromatic nitrogens is 2. The third kappa shape index (κ3) is 4.60. The lowest BCUT2D eigenvalue weighted by molar-refractivity contribution is -0.0247. The van der Waals surface area contributed by atoms with Crippen LogP contribution in [-0.4, -0.2) is 47.5 Å². The Morgan fingerprint density at radius 1 is 1.17 bits per heavy atom. The van der Waals surface area contributed by atoms with Crippen molar-refractivity contribution >= 4 is 11.7 Å². The molecule has 0 aliphatic carbocycles. The number of carbonyl (C=O) groups is 1. The summed E-state index contributed by atoms with van der Waals surface area (Å²) in [6, 6.07) is 19.8. The quantitative estimate of drug-likeness (QED) is 0.726. The third-order valence-corrected chi connectivity index (χ3v) is 5.00. The molecule has 4 rings (SSSR count). The number of hydrogen-bond donors (Lipinski definition) is 1. The van der Waals surface area contributed by atoms with Crippen LogP contribution in [0.3, 0.4) is 0 Å². The molecule has 2 aromatic heterocycles. The smallest absolute Gasteiger partial charge is 0.254 e. The van der Waals surface area contributed by atoms with Crippen LogP contribution in [0.15, 0.2) is 66.9 Å². The molecule has 0 radical (unpaired) electrons. The Balaban J connectivity index is 1.48. The van der Waals surface area contributed by atoms with Crippen LogP contribution < -0.4 is 5.32 Å². The van der Waals surface area contributed by atoms with Gasteiger partial charge in [-0.3, -0.25) is 9.78 Å². The summed E-state index contributed by atoms with van der Waals surface area (Å²) in [5.74, 6) is 0.661. The molecule has 0 unspecified atom stereocenters. The molecule has 1 saturated heterocycles. The molecule has 0 bridgehead atoms. The molecule has 1 N–H and O–H groups in total. The maximum Gasteiger partial charge on any atom is 0.254 e. The second kappa shape index (κ2) is 8.84. The number of morpholine rings is 1. The summed E-state index contributed by atoms with van der Waals surface area (Å²) in [6.07, 6.45) is 2.19. The van der Waals surface area contributed by atoms with Gasteiger partial charge in [-0.05, 0) is 29.8 Å². The molecule has 1 fully saturated rings. The highest BCUT2D eigenvalue weighted by molar-refractivity contribution is 5.94. The molecule has 1 aliphatic rings. The predicted molar refractivity (Wildman–Crippen MR) is 112 cm³/mol. The molecule has 1 aliphatic heterocycles. The van der Waals surface area contributed by atoms with E-state index in [4.69, 9.17) is 9.72 Å². The van der Waals surface area contributed by atoms with Crippen LogP contribution in [0.5, 0.6) is 0 Å². The highest BCUT2D eigenvalue weighted by atomic mass is 16.5. The van der Waals surface area contributed by atoms with E-state index in [-0.39, 0.29) is 12.0 Å². The number of ether oxygens (including phenoxy) is 1. The number of nitrogens with zero attached hydrogens (tertiary/aromatic N) is 3. The fourth-order valence-corrected chi connectivity index (χ4v) is 3.48. The molecule has 6 heteroatoms. The van der Waals surface area contributed by atoms with E-state index in [2.05, 4.69) is 22.4 Å². The van der Waals surface area contributed by atoms with Crippen molar-refractivity contribution in [3.05, 3.63) is 89.4 Å². The summed E-state index contributed by atoms with van der Waals surface area (Å²) in [6.45, 7) is 1.54. The van der Waals surface area contributed by atoms with Gasteiger partial charge in [-0.15, -0.1) is 0 Å². The number of pyridine rings is 2. The number of benzene rings is 1. The summed E-state index contributed by atoms with van der Waals surface area (Å²) < 4.78 is 5.95. The van der Waals surface area contributed by atoms with E-state index in [0.29, 0.717) is 31.1 Å². The zero-order chi connectivity index (χ0) is 20.1. The standard InChI is InChI=1S/C23H24N4O2/c1-24-22-15-18(10-11-25-22)23(28)27-12-13-29-21(16-27)20-9-5-8-19(26-20)14-17-6-3-2-4-7-17/h2-11,15,21H,12-14,16H2,1H3,(H,24,25)/t21-/m0/s1. The highest BCUT2D eigenvalue weighted by Crippen LogP contribution is 2.23. The number of hydrogen-bond acceptors (Lipinski definition) is 5. The Kier molecular flexibility index (Phi) is 5.81. The normalized spacial score (nSPS) is 16.4. The van der Waals surface area contributed by atoms with Crippen molar-refractivity contribution in [1.82, 2.24) is 14.9 Å². The van der Waals surface area contributed by atoms with Gasteiger partial charge in [0.1, 0.15) is 11.9 Å². The Bertz CT molecular complexity index is 977. The number of amides is 1. The molecule has 0 spiro atoms. The third-order valence-electron chi connectivity index (χ3n) is 5.00. The summed E-state index contributed by atoms with van der Waals surface area (Å²) >= 11 is 0. The zero-order valence-electron chi connectivity index (χ0n) is 16.4. The zero-order valence-corrected chi connectivity index (χ0v) is 16.4. The number of rotatable bonds is 5. The van der Waals surface area contributed by atoms with Crippen molar-refractivity contribution in [3.63, 3.8) is 0 Å². The van der Waals surface area contributed by atoms with E-state index in [9.17, 15) is 4.79 Å². The Hall–Kier alpha value is -3.25. The molecule has 1 aromatic carbocycles. The van der Waals surface area contributed by atoms with E-state index in [1.807, 2.05) is 41.3 Å². The average molecular weight is 388 g/mol. The van der Waals surface area contributed by atoms with Crippen molar-refractivity contribution in [2.75, 3.05) is 32.1 Å². The minimum Gasteiger partial charge on any atom is -0.373 e. The van der Waals surface area contributed by atoms with E-state index in [0.717, 1.165) is 17.8 Å². The van der Waals surface area contributed by atoms with Gasteiger partial charge in [0.2, 0.25) is 0 Å². The van der Waals surface area contributed by atoms with Crippen LogP contribution in [0, 0.1) is 0 Å². The second-order valence-corrected chi connectivity index (χ2v) is 7.01. The van der Waals surface area contributed by atoms with E-state index in [1.165, 1.54) is 5.56 Å². The molecule has 3 aromatic rings. The van der Waals surface area contributed by atoms with Crippen molar-refractivity contribution in [2.24, 2.45) is 0 Å². The number of nitrogens with one attached hydrogen (secondary N) is 1. The lowest BCUT2D eigenvalue weighted by Gasteiger charge is -2.33. The summed E-state index contributed by atoms with van der Waals surface area (Å²) in [7, 11) is 1.79. The molecule has 3 heterocycles. The van der Waals surface area contributed by atoms with E-state index in [1.54, 1.807) is 25.4 Å². The van der Waals surface area contributed by atoms with Gasteiger partial charge in [-0.2, -0.15) is 0 Å². The largest absolute Gasteiger partial charge is 0.373 e. The van der Waals surface area contributed by atoms with Crippen LogP contribution in [0.4, 0.5) is 5.82 Å².